The van der Waals surface area contributed by atoms with Crippen molar-refractivity contribution in [2.45, 2.75) is 0 Å². The van der Waals surface area contributed by atoms with Crippen LogP contribution < -0.4 is 11.5 Å². The average Bonchev–Trinajstić information content (AvgIpc) is 2.49. The molecule has 2 aromatic rings. The number of primary amides is 1. The van der Waals surface area contributed by atoms with Gasteiger partial charge in [0.1, 0.15) is 17.8 Å². The summed E-state index contributed by atoms with van der Waals surface area (Å²) in [7, 11) is 0. The number of amides is 1. The van der Waals surface area contributed by atoms with Crippen molar-refractivity contribution in [1.82, 2.24) is 15.0 Å². The molecular formula is C7H8ClN5O. The molecule has 0 aliphatic carbocycles. The highest BCUT2D eigenvalue weighted by molar-refractivity contribution is 6.08. The Morgan fingerprint density at radius 2 is 2.14 bits per heavy atom. The molecule has 0 aromatic carbocycles. The van der Waals surface area contributed by atoms with E-state index in [1.807, 2.05) is 0 Å². The molecule has 0 spiro atoms. The zero-order chi connectivity index (χ0) is 9.42. The summed E-state index contributed by atoms with van der Waals surface area (Å²) in [5, 5.41) is 0.481. The van der Waals surface area contributed by atoms with Gasteiger partial charge in [0, 0.05) is 6.20 Å². The molecule has 6 nitrogen and oxygen atoms in total. The Hall–Kier alpha value is -1.82. The van der Waals surface area contributed by atoms with Gasteiger partial charge in [0.2, 0.25) is 0 Å². The molecule has 14 heavy (non-hydrogen) atoms. The van der Waals surface area contributed by atoms with E-state index in [9.17, 15) is 4.79 Å². The number of nitrogen functional groups attached to an aromatic ring is 1. The second-order valence-electron chi connectivity index (χ2n) is 2.55. The normalized spacial score (nSPS) is 9.71. The third-order valence-corrected chi connectivity index (χ3v) is 1.76. The predicted molar refractivity (Wildman–Crippen MR) is 54.1 cm³/mol. The summed E-state index contributed by atoms with van der Waals surface area (Å²) in [5.74, 6) is -0.298. The first-order valence-corrected chi connectivity index (χ1v) is 3.57. The molecule has 0 saturated carbocycles. The van der Waals surface area contributed by atoms with E-state index < -0.39 is 5.91 Å². The van der Waals surface area contributed by atoms with Crippen LogP contribution in [0.2, 0.25) is 0 Å². The molecule has 2 rings (SSSR count). The molecule has 0 atom stereocenters. The Balaban J connectivity index is 0.000000980. The molecule has 2 heterocycles. The Kier molecular flexibility index (Phi) is 2.57. The SMILES string of the molecule is Cl.NC(=O)c1c[nH]c2ncnc(N)c12. The molecule has 5 N–H and O–H groups in total. The van der Waals surface area contributed by atoms with Crippen LogP contribution >= 0.6 is 12.4 Å². The Bertz CT molecular complexity index is 480. The monoisotopic (exact) mass is 213 g/mol. The fourth-order valence-corrected chi connectivity index (χ4v) is 1.18. The summed E-state index contributed by atoms with van der Waals surface area (Å²) in [5.41, 5.74) is 11.5. The van der Waals surface area contributed by atoms with Crippen molar-refractivity contribution in [3.05, 3.63) is 18.1 Å². The van der Waals surface area contributed by atoms with Crippen molar-refractivity contribution in [2.75, 3.05) is 5.73 Å². The minimum atomic E-state index is -0.548. The van der Waals surface area contributed by atoms with Gasteiger partial charge in [-0.25, -0.2) is 9.97 Å². The number of nitrogens with one attached hydrogen (secondary N) is 1. The van der Waals surface area contributed by atoms with Crippen LogP contribution in [0.15, 0.2) is 12.5 Å². The second-order valence-corrected chi connectivity index (χ2v) is 2.55. The highest BCUT2D eigenvalue weighted by Crippen LogP contribution is 2.19. The van der Waals surface area contributed by atoms with Crippen molar-refractivity contribution in [1.29, 1.82) is 0 Å². The van der Waals surface area contributed by atoms with Crippen LogP contribution in [0.1, 0.15) is 10.4 Å². The zero-order valence-electron chi connectivity index (χ0n) is 7.02. The molecular weight excluding hydrogens is 206 g/mol. The molecule has 0 bridgehead atoms. The van der Waals surface area contributed by atoms with Crippen molar-refractivity contribution in [3.63, 3.8) is 0 Å². The summed E-state index contributed by atoms with van der Waals surface area (Å²) in [6.07, 6.45) is 2.79. The number of halogens is 1. The van der Waals surface area contributed by atoms with Crippen LogP contribution in [0.25, 0.3) is 11.0 Å². The number of nitrogens with two attached hydrogens (primary N) is 2. The van der Waals surface area contributed by atoms with E-state index in [0.29, 0.717) is 16.6 Å². The lowest BCUT2D eigenvalue weighted by Crippen LogP contribution is -2.10. The van der Waals surface area contributed by atoms with Crippen LogP contribution in [0.4, 0.5) is 5.82 Å². The van der Waals surface area contributed by atoms with E-state index >= 15 is 0 Å². The van der Waals surface area contributed by atoms with Gasteiger partial charge in [-0.15, -0.1) is 12.4 Å². The summed E-state index contributed by atoms with van der Waals surface area (Å²) < 4.78 is 0. The van der Waals surface area contributed by atoms with Gasteiger partial charge in [-0.05, 0) is 0 Å². The summed E-state index contributed by atoms with van der Waals surface area (Å²) in [6, 6.07) is 0. The van der Waals surface area contributed by atoms with Gasteiger partial charge >= 0.3 is 0 Å². The third kappa shape index (κ3) is 1.35. The van der Waals surface area contributed by atoms with Crippen molar-refractivity contribution in [2.24, 2.45) is 5.73 Å². The van der Waals surface area contributed by atoms with Crippen molar-refractivity contribution < 1.29 is 4.79 Å². The molecule has 74 valence electrons. The molecule has 0 aliphatic rings. The van der Waals surface area contributed by atoms with Crippen molar-refractivity contribution in [3.8, 4) is 0 Å². The summed E-state index contributed by atoms with van der Waals surface area (Å²) >= 11 is 0. The predicted octanol–water partition coefficient (Wildman–Crippen LogP) is 0.0608. The van der Waals surface area contributed by atoms with Crippen LogP contribution in [-0.2, 0) is 0 Å². The lowest BCUT2D eigenvalue weighted by molar-refractivity contribution is 0.100. The number of hydrogen-bond donors (Lipinski definition) is 3. The molecule has 0 aliphatic heterocycles. The first-order chi connectivity index (χ1) is 6.20. The van der Waals surface area contributed by atoms with Gasteiger partial charge in [-0.2, -0.15) is 0 Å². The Morgan fingerprint density at radius 3 is 2.79 bits per heavy atom. The molecule has 7 heteroatoms. The maximum Gasteiger partial charge on any atom is 0.251 e. The average molecular weight is 214 g/mol. The highest BCUT2D eigenvalue weighted by atomic mass is 35.5. The minimum absolute atomic E-state index is 0. The van der Waals surface area contributed by atoms with E-state index in [-0.39, 0.29) is 18.2 Å². The van der Waals surface area contributed by atoms with Crippen LogP contribution in [0, 0.1) is 0 Å². The Labute approximate surface area is 85.1 Å². The number of carbonyl (C=O) groups excluding carboxylic acids is 1. The van der Waals surface area contributed by atoms with Gasteiger partial charge in [0.05, 0.1) is 10.9 Å². The summed E-state index contributed by atoms with van der Waals surface area (Å²) in [6.45, 7) is 0. The molecule has 0 radical (unpaired) electrons. The zero-order valence-corrected chi connectivity index (χ0v) is 7.84. The van der Waals surface area contributed by atoms with Crippen molar-refractivity contribution >= 4 is 35.2 Å². The smallest absolute Gasteiger partial charge is 0.251 e. The van der Waals surface area contributed by atoms with Crippen LogP contribution in [0.3, 0.4) is 0 Å². The number of anilines is 1. The fraction of sp³-hybridized carbons (Fsp3) is 0. The standard InChI is InChI=1S/C7H7N5O.ClH/c8-5-4-3(6(9)13)1-10-7(4)12-2-11-5;/h1-2H,(H2,9,13)(H3,8,10,11,12);1H. The van der Waals surface area contributed by atoms with E-state index in [1.165, 1.54) is 12.5 Å². The molecule has 1 amide bonds. The van der Waals surface area contributed by atoms with Gasteiger partial charge in [0.25, 0.3) is 5.91 Å². The van der Waals surface area contributed by atoms with Gasteiger partial charge < -0.3 is 16.5 Å². The number of rotatable bonds is 1. The third-order valence-electron chi connectivity index (χ3n) is 1.76. The van der Waals surface area contributed by atoms with E-state index in [4.69, 9.17) is 11.5 Å². The van der Waals surface area contributed by atoms with Gasteiger partial charge in [-0.1, -0.05) is 0 Å². The molecule has 0 saturated heterocycles. The van der Waals surface area contributed by atoms with E-state index in [2.05, 4.69) is 15.0 Å². The number of fused-ring (bicyclic) bond motifs is 1. The number of aromatic nitrogens is 3. The van der Waals surface area contributed by atoms with Crippen LogP contribution in [-0.4, -0.2) is 20.9 Å². The maximum atomic E-state index is 10.9. The lowest BCUT2D eigenvalue weighted by atomic mass is 10.2. The molecule has 0 unspecified atom stereocenters. The molecule has 2 aromatic heterocycles. The maximum absolute atomic E-state index is 10.9. The van der Waals surface area contributed by atoms with Gasteiger partial charge in [-0.3, -0.25) is 4.79 Å². The number of aromatic amines is 1. The quantitative estimate of drug-likeness (QED) is 0.622. The van der Waals surface area contributed by atoms with Gasteiger partial charge in [0.15, 0.2) is 0 Å². The van der Waals surface area contributed by atoms with E-state index in [1.54, 1.807) is 0 Å². The molecule has 0 fully saturated rings. The number of hydrogen-bond acceptors (Lipinski definition) is 4. The summed E-state index contributed by atoms with van der Waals surface area (Å²) in [4.78, 5) is 21.3. The minimum Gasteiger partial charge on any atom is -0.383 e. The topological polar surface area (TPSA) is 111 Å². The first-order valence-electron chi connectivity index (χ1n) is 3.57. The second kappa shape index (κ2) is 3.51. The first kappa shape index (κ1) is 10.3. The lowest BCUT2D eigenvalue weighted by Gasteiger charge is -1.95. The largest absolute Gasteiger partial charge is 0.383 e. The van der Waals surface area contributed by atoms with Crippen LogP contribution in [0.5, 0.6) is 0 Å². The fourth-order valence-electron chi connectivity index (χ4n) is 1.18. The highest BCUT2D eigenvalue weighted by Gasteiger charge is 2.12. The van der Waals surface area contributed by atoms with E-state index in [0.717, 1.165) is 0 Å². The number of carbonyl (C=O) groups is 1. The Morgan fingerprint density at radius 1 is 1.43 bits per heavy atom. The number of nitrogens with zero attached hydrogens (tertiary/aromatic N) is 2. The number of H-pyrrole nitrogens is 1.